The number of nitrogens with one attached hydrogen (secondary N) is 2. The van der Waals surface area contributed by atoms with Crippen LogP contribution in [0.3, 0.4) is 0 Å². The van der Waals surface area contributed by atoms with Crippen LogP contribution in [0.1, 0.15) is 65.6 Å². The van der Waals surface area contributed by atoms with Crippen molar-refractivity contribution in [3.63, 3.8) is 0 Å². The number of aryl methyl sites for hydroxylation is 1. The average Bonchev–Trinajstić information content (AvgIpc) is 3.11. The number of amides is 1. The third kappa shape index (κ3) is 4.53. The van der Waals surface area contributed by atoms with Crippen molar-refractivity contribution in [3.8, 4) is 0 Å². The Labute approximate surface area is 181 Å². The molecule has 4 rings (SSSR count). The minimum atomic E-state index is -0.293. The van der Waals surface area contributed by atoms with Crippen LogP contribution in [0.25, 0.3) is 0 Å². The Morgan fingerprint density at radius 2 is 1.71 bits per heavy atom. The van der Waals surface area contributed by atoms with E-state index in [1.165, 1.54) is 17.7 Å². The number of anilines is 2. The Morgan fingerprint density at radius 1 is 1.03 bits per heavy atom. The summed E-state index contributed by atoms with van der Waals surface area (Å²) >= 11 is 0. The van der Waals surface area contributed by atoms with Gasteiger partial charge in [-0.05, 0) is 67.6 Å². The molecule has 0 bridgehead atoms. The number of rotatable bonds is 5. The van der Waals surface area contributed by atoms with Crippen LogP contribution in [-0.2, 0) is 6.42 Å². The van der Waals surface area contributed by atoms with Gasteiger partial charge in [0.15, 0.2) is 5.76 Å². The van der Waals surface area contributed by atoms with E-state index >= 15 is 0 Å². The highest BCUT2D eigenvalue weighted by molar-refractivity contribution is 6.09. The van der Waals surface area contributed by atoms with Crippen LogP contribution >= 0.6 is 0 Å². The summed E-state index contributed by atoms with van der Waals surface area (Å²) in [6.45, 7) is 6.15. The second-order valence-corrected chi connectivity index (χ2v) is 8.12. The molecule has 0 unspecified atom stereocenters. The van der Waals surface area contributed by atoms with Crippen LogP contribution < -0.4 is 10.7 Å². The molecule has 1 heterocycles. The number of halogens is 1. The maximum atomic E-state index is 13.1. The smallest absolute Gasteiger partial charge is 0.291 e. The van der Waals surface area contributed by atoms with Gasteiger partial charge in [0, 0.05) is 23.2 Å². The Bertz CT molecular complexity index is 1110. The normalized spacial score (nSPS) is 14.5. The zero-order valence-corrected chi connectivity index (χ0v) is 18.0. The fraction of sp³-hybridized carbons (Fsp3) is 0.280. The van der Waals surface area contributed by atoms with Gasteiger partial charge in [0.1, 0.15) is 11.6 Å². The Balaban J connectivity index is 1.55. The van der Waals surface area contributed by atoms with Gasteiger partial charge < -0.3 is 9.73 Å². The summed E-state index contributed by atoms with van der Waals surface area (Å²) in [5, 5.41) is 7.45. The molecule has 31 heavy (non-hydrogen) atoms. The molecule has 2 N–H and O–H groups in total. The lowest BCUT2D eigenvalue weighted by Crippen LogP contribution is -2.14. The highest BCUT2D eigenvalue weighted by Crippen LogP contribution is 2.30. The van der Waals surface area contributed by atoms with Crippen molar-refractivity contribution in [2.75, 3.05) is 10.7 Å². The van der Waals surface area contributed by atoms with E-state index in [0.29, 0.717) is 17.4 Å². The molecule has 0 radical (unpaired) electrons. The van der Waals surface area contributed by atoms with Gasteiger partial charge in [0.2, 0.25) is 0 Å². The largest absolute Gasteiger partial charge is 0.455 e. The van der Waals surface area contributed by atoms with Crippen molar-refractivity contribution in [2.45, 2.75) is 46.0 Å². The van der Waals surface area contributed by atoms with Crippen LogP contribution in [0.15, 0.2) is 58.0 Å². The Hall–Kier alpha value is -3.41. The molecule has 3 aromatic rings. The highest BCUT2D eigenvalue weighted by atomic mass is 19.1. The number of benzene rings is 2. The number of nitrogens with zero attached hydrogens (tertiary/aromatic N) is 1. The first-order chi connectivity index (χ1) is 14.9. The Morgan fingerprint density at radius 3 is 2.39 bits per heavy atom. The molecule has 2 aromatic carbocycles. The summed E-state index contributed by atoms with van der Waals surface area (Å²) in [5.41, 5.74) is 8.14. The lowest BCUT2D eigenvalue weighted by molar-refractivity contribution is 0.0994. The van der Waals surface area contributed by atoms with E-state index in [9.17, 15) is 9.18 Å². The lowest BCUT2D eigenvalue weighted by Gasteiger charge is -2.13. The van der Waals surface area contributed by atoms with E-state index in [2.05, 4.69) is 29.7 Å². The predicted octanol–water partition coefficient (Wildman–Crippen LogP) is 6.26. The molecular formula is C25H26FN3O2. The fourth-order valence-electron chi connectivity index (χ4n) is 3.79. The summed E-state index contributed by atoms with van der Waals surface area (Å²) in [5.74, 6) is 0.969. The number of hydrazone groups is 1. The third-order valence-corrected chi connectivity index (χ3v) is 5.53. The zero-order valence-electron chi connectivity index (χ0n) is 18.0. The van der Waals surface area contributed by atoms with E-state index in [4.69, 9.17) is 4.42 Å². The minimum absolute atomic E-state index is 0.268. The number of hydrogen-bond donors (Lipinski definition) is 2. The number of carbonyl (C=O) groups is 1. The zero-order chi connectivity index (χ0) is 22.0. The predicted molar refractivity (Wildman–Crippen MR) is 121 cm³/mol. The summed E-state index contributed by atoms with van der Waals surface area (Å²) in [6.07, 6.45) is 2.43. The van der Waals surface area contributed by atoms with E-state index in [0.717, 1.165) is 47.5 Å². The first kappa shape index (κ1) is 20.8. The highest BCUT2D eigenvalue weighted by Gasteiger charge is 2.28. The van der Waals surface area contributed by atoms with Gasteiger partial charge in [-0.1, -0.05) is 26.0 Å². The van der Waals surface area contributed by atoms with Crippen LogP contribution in [0, 0.1) is 12.7 Å². The molecule has 0 saturated heterocycles. The van der Waals surface area contributed by atoms with E-state index < -0.39 is 0 Å². The topological polar surface area (TPSA) is 66.6 Å². The molecule has 1 aliphatic rings. The minimum Gasteiger partial charge on any atom is -0.455 e. The maximum Gasteiger partial charge on any atom is 0.291 e. The molecule has 1 aromatic heterocycles. The van der Waals surface area contributed by atoms with Gasteiger partial charge in [0.25, 0.3) is 5.91 Å². The van der Waals surface area contributed by atoms with Gasteiger partial charge in [-0.3, -0.25) is 10.2 Å². The number of fused-ring (bicyclic) bond motifs is 1. The quantitative estimate of drug-likeness (QED) is 0.480. The SMILES string of the molecule is Cc1c(C(=O)Nc2ccc(C(C)C)cc2)oc2c1/C(=N/Nc1ccc(F)cc1)CCC2. The first-order valence-electron chi connectivity index (χ1n) is 10.5. The molecule has 0 fully saturated rings. The average molecular weight is 420 g/mol. The van der Waals surface area contributed by atoms with E-state index in [1.54, 1.807) is 12.1 Å². The number of carbonyl (C=O) groups excluding carboxylic acids is 1. The van der Waals surface area contributed by atoms with E-state index in [-0.39, 0.29) is 11.7 Å². The monoisotopic (exact) mass is 419 g/mol. The second-order valence-electron chi connectivity index (χ2n) is 8.12. The van der Waals surface area contributed by atoms with Gasteiger partial charge in [0.05, 0.1) is 11.4 Å². The molecule has 0 atom stereocenters. The second kappa shape index (κ2) is 8.76. The molecular weight excluding hydrogens is 393 g/mol. The molecule has 0 saturated carbocycles. The lowest BCUT2D eigenvalue weighted by atomic mass is 9.93. The summed E-state index contributed by atoms with van der Waals surface area (Å²) < 4.78 is 19.1. The molecule has 5 nitrogen and oxygen atoms in total. The van der Waals surface area contributed by atoms with Gasteiger partial charge in [-0.15, -0.1) is 0 Å². The fourth-order valence-corrected chi connectivity index (χ4v) is 3.79. The molecule has 160 valence electrons. The van der Waals surface area contributed by atoms with Crippen molar-refractivity contribution in [1.29, 1.82) is 0 Å². The number of furan rings is 1. The van der Waals surface area contributed by atoms with Gasteiger partial charge in [-0.25, -0.2) is 4.39 Å². The van der Waals surface area contributed by atoms with Crippen molar-refractivity contribution in [3.05, 3.63) is 82.6 Å². The number of hydrogen-bond acceptors (Lipinski definition) is 4. The van der Waals surface area contributed by atoms with Crippen molar-refractivity contribution in [2.24, 2.45) is 5.10 Å². The van der Waals surface area contributed by atoms with Crippen LogP contribution in [0.2, 0.25) is 0 Å². The molecule has 1 aliphatic carbocycles. The van der Waals surface area contributed by atoms with Gasteiger partial charge in [-0.2, -0.15) is 5.10 Å². The standard InChI is InChI=1S/C25H26FN3O2/c1-15(2)17-7-11-19(12-8-17)27-25(30)24-16(3)23-21(5-4-6-22(23)31-24)29-28-20-13-9-18(26)10-14-20/h7-15,28H,4-6H2,1-3H3,(H,27,30)/b29-21+. The Kier molecular flexibility index (Phi) is 5.89. The van der Waals surface area contributed by atoms with Gasteiger partial charge >= 0.3 is 0 Å². The van der Waals surface area contributed by atoms with Crippen LogP contribution in [-0.4, -0.2) is 11.6 Å². The molecule has 0 aliphatic heterocycles. The third-order valence-electron chi connectivity index (χ3n) is 5.53. The van der Waals surface area contributed by atoms with Crippen molar-refractivity contribution < 1.29 is 13.6 Å². The molecule has 0 spiro atoms. The summed E-state index contributed by atoms with van der Waals surface area (Å²) in [6, 6.07) is 13.9. The summed E-state index contributed by atoms with van der Waals surface area (Å²) in [4.78, 5) is 12.9. The maximum absolute atomic E-state index is 13.1. The van der Waals surface area contributed by atoms with Crippen LogP contribution in [0.4, 0.5) is 15.8 Å². The van der Waals surface area contributed by atoms with Crippen molar-refractivity contribution in [1.82, 2.24) is 0 Å². The molecule has 1 amide bonds. The molecule has 6 heteroatoms. The van der Waals surface area contributed by atoms with E-state index in [1.807, 2.05) is 31.2 Å². The summed E-state index contributed by atoms with van der Waals surface area (Å²) in [7, 11) is 0. The first-order valence-corrected chi connectivity index (χ1v) is 10.5. The van der Waals surface area contributed by atoms with Crippen molar-refractivity contribution >= 4 is 23.0 Å². The van der Waals surface area contributed by atoms with Crippen LogP contribution in [0.5, 0.6) is 0 Å².